The second-order valence-corrected chi connectivity index (χ2v) is 9.02. The fourth-order valence-electron chi connectivity index (χ4n) is 1.29. The summed E-state index contributed by atoms with van der Waals surface area (Å²) in [5.41, 5.74) is 1.13. The van der Waals surface area contributed by atoms with Gasteiger partial charge in [0.1, 0.15) is 4.21 Å². The number of hydrogen-bond donors (Lipinski definition) is 1. The molecule has 0 amide bonds. The predicted molar refractivity (Wildman–Crippen MR) is 80.2 cm³/mol. The largest absolute Gasteiger partial charge is 0.250 e. The van der Waals surface area contributed by atoms with Crippen LogP contribution >= 0.6 is 50.2 Å². The molecule has 0 aliphatic rings. The Morgan fingerprint density at radius 3 is 2.78 bits per heavy atom. The summed E-state index contributed by atoms with van der Waals surface area (Å²) in [5.74, 6) is 0. The van der Waals surface area contributed by atoms with E-state index in [1.54, 1.807) is 11.3 Å². The highest BCUT2D eigenvalue weighted by atomic mass is 79.9. The third kappa shape index (κ3) is 3.55. The molecule has 2 heterocycles. The molecule has 98 valence electrons. The number of sulfonamides is 1. The second kappa shape index (κ2) is 6.02. The lowest BCUT2D eigenvalue weighted by Crippen LogP contribution is -2.25. The molecule has 0 aromatic carbocycles. The van der Waals surface area contributed by atoms with Gasteiger partial charge in [0.2, 0.25) is 10.0 Å². The zero-order valence-corrected chi connectivity index (χ0v) is 13.8. The molecule has 18 heavy (non-hydrogen) atoms. The van der Waals surface area contributed by atoms with Gasteiger partial charge in [-0.05, 0) is 50.8 Å². The summed E-state index contributed by atoms with van der Waals surface area (Å²) in [5, 5.41) is 4.39. The first kappa shape index (κ1) is 14.5. The fourth-order valence-corrected chi connectivity index (χ4v) is 5.47. The minimum atomic E-state index is -3.46. The van der Waals surface area contributed by atoms with E-state index < -0.39 is 10.0 Å². The van der Waals surface area contributed by atoms with E-state index in [-0.39, 0.29) is 4.21 Å². The van der Waals surface area contributed by atoms with Crippen LogP contribution in [0, 0.1) is 0 Å². The average Bonchev–Trinajstić information content (AvgIpc) is 2.90. The summed E-state index contributed by atoms with van der Waals surface area (Å²) in [7, 11) is -3.46. The minimum Gasteiger partial charge on any atom is -0.210 e. The van der Waals surface area contributed by atoms with E-state index in [0.717, 1.165) is 16.9 Å². The highest BCUT2D eigenvalue weighted by Gasteiger charge is 2.18. The van der Waals surface area contributed by atoms with Crippen molar-refractivity contribution in [3.05, 3.63) is 37.3 Å². The van der Waals surface area contributed by atoms with Crippen LogP contribution < -0.4 is 4.72 Å². The van der Waals surface area contributed by atoms with Gasteiger partial charge < -0.3 is 0 Å². The van der Waals surface area contributed by atoms with Gasteiger partial charge in [0.15, 0.2) is 0 Å². The van der Waals surface area contributed by atoms with Gasteiger partial charge in [-0.1, -0.05) is 11.6 Å². The van der Waals surface area contributed by atoms with Crippen molar-refractivity contribution >= 4 is 60.2 Å². The molecule has 2 rings (SSSR count). The van der Waals surface area contributed by atoms with Gasteiger partial charge in [-0.15, -0.1) is 11.3 Å². The molecule has 0 saturated heterocycles. The number of rotatable bonds is 5. The Labute approximate surface area is 127 Å². The smallest absolute Gasteiger partial charge is 0.210 e. The number of nitrogens with one attached hydrogen (secondary N) is 1. The molecular weight excluding hydrogens is 378 g/mol. The van der Waals surface area contributed by atoms with Crippen LogP contribution in [0.2, 0.25) is 5.02 Å². The molecule has 0 unspecified atom stereocenters. The molecule has 0 saturated carbocycles. The first-order chi connectivity index (χ1) is 8.49. The molecule has 8 heteroatoms. The number of halogens is 2. The lowest BCUT2D eigenvalue weighted by molar-refractivity contribution is 0.584. The van der Waals surface area contributed by atoms with Gasteiger partial charge in [0, 0.05) is 6.54 Å². The van der Waals surface area contributed by atoms with Crippen molar-refractivity contribution < 1.29 is 8.42 Å². The molecule has 1 N–H and O–H groups in total. The van der Waals surface area contributed by atoms with Crippen LogP contribution in [0.5, 0.6) is 0 Å². The zero-order chi connectivity index (χ0) is 13.2. The highest BCUT2D eigenvalue weighted by molar-refractivity contribution is 9.11. The molecule has 0 spiro atoms. The Morgan fingerprint density at radius 2 is 2.22 bits per heavy atom. The Hall–Kier alpha value is 0.0800. The van der Waals surface area contributed by atoms with E-state index in [1.807, 2.05) is 16.8 Å². The van der Waals surface area contributed by atoms with Crippen molar-refractivity contribution in [1.82, 2.24) is 4.72 Å². The van der Waals surface area contributed by atoms with Crippen LogP contribution in [0.15, 0.2) is 30.9 Å². The normalized spacial score (nSPS) is 11.9. The molecule has 0 aliphatic heterocycles. The maximum Gasteiger partial charge on any atom is 0.250 e. The van der Waals surface area contributed by atoms with Crippen molar-refractivity contribution in [2.24, 2.45) is 0 Å². The van der Waals surface area contributed by atoms with Gasteiger partial charge in [-0.3, -0.25) is 0 Å². The Balaban J connectivity index is 1.99. The molecule has 2 aromatic rings. The lowest BCUT2D eigenvalue weighted by Gasteiger charge is -2.03. The molecule has 0 atom stereocenters. The topological polar surface area (TPSA) is 46.2 Å². The van der Waals surface area contributed by atoms with Crippen molar-refractivity contribution in [2.45, 2.75) is 10.6 Å². The minimum absolute atomic E-state index is 0.227. The first-order valence-corrected chi connectivity index (χ1v) is 9.36. The van der Waals surface area contributed by atoms with Gasteiger partial charge in [0.25, 0.3) is 0 Å². The maximum atomic E-state index is 11.9. The van der Waals surface area contributed by atoms with E-state index in [4.69, 9.17) is 11.6 Å². The van der Waals surface area contributed by atoms with Gasteiger partial charge >= 0.3 is 0 Å². The van der Waals surface area contributed by atoms with Crippen LogP contribution in [0.1, 0.15) is 5.56 Å². The van der Waals surface area contributed by atoms with Gasteiger partial charge in [-0.25, -0.2) is 13.1 Å². The Bertz CT molecular complexity index is 602. The third-order valence-electron chi connectivity index (χ3n) is 2.17. The molecule has 2 aromatic heterocycles. The van der Waals surface area contributed by atoms with Crippen LogP contribution in [0.4, 0.5) is 0 Å². The van der Waals surface area contributed by atoms with Crippen molar-refractivity contribution in [2.75, 3.05) is 6.54 Å². The summed E-state index contributed by atoms with van der Waals surface area (Å²) < 4.78 is 27.3. The van der Waals surface area contributed by atoms with Crippen LogP contribution in [-0.2, 0) is 16.4 Å². The van der Waals surface area contributed by atoms with Crippen molar-refractivity contribution in [1.29, 1.82) is 0 Å². The van der Waals surface area contributed by atoms with E-state index in [0.29, 0.717) is 21.8 Å². The van der Waals surface area contributed by atoms with Crippen LogP contribution in [-0.4, -0.2) is 15.0 Å². The summed E-state index contributed by atoms with van der Waals surface area (Å²) in [6.07, 6.45) is 0.684. The van der Waals surface area contributed by atoms with E-state index in [1.165, 1.54) is 6.07 Å². The number of thiophene rings is 2. The lowest BCUT2D eigenvalue weighted by atomic mass is 10.2. The zero-order valence-electron chi connectivity index (χ0n) is 9.02. The molecule has 0 aliphatic carbocycles. The van der Waals surface area contributed by atoms with E-state index in [9.17, 15) is 8.42 Å². The van der Waals surface area contributed by atoms with Crippen LogP contribution in [0.25, 0.3) is 0 Å². The standard InChI is InChI=1S/C10H9BrClNO2S3/c11-10-8(12)5-9(17-10)18(14,15)13-3-1-7-2-4-16-6-7/h2,4-6,13H,1,3H2. The molecular formula is C10H9BrClNO2S3. The fraction of sp³-hybridized carbons (Fsp3) is 0.200. The molecule has 0 radical (unpaired) electrons. The first-order valence-electron chi connectivity index (χ1n) is 4.94. The van der Waals surface area contributed by atoms with Gasteiger partial charge in [-0.2, -0.15) is 11.3 Å². The summed E-state index contributed by atoms with van der Waals surface area (Å²) in [4.78, 5) is 0. The summed E-state index contributed by atoms with van der Waals surface area (Å²) in [6, 6.07) is 3.43. The maximum absolute atomic E-state index is 11.9. The molecule has 3 nitrogen and oxygen atoms in total. The summed E-state index contributed by atoms with van der Waals surface area (Å²) in [6.45, 7) is 0.381. The van der Waals surface area contributed by atoms with Gasteiger partial charge in [0.05, 0.1) is 8.81 Å². The SMILES string of the molecule is O=S(=O)(NCCc1ccsc1)c1cc(Cl)c(Br)s1. The predicted octanol–water partition coefficient (Wildman–Crippen LogP) is 3.75. The monoisotopic (exact) mass is 385 g/mol. The van der Waals surface area contributed by atoms with Crippen LogP contribution in [0.3, 0.4) is 0 Å². The second-order valence-electron chi connectivity index (χ2n) is 3.47. The molecule has 0 bridgehead atoms. The summed E-state index contributed by atoms with van der Waals surface area (Å²) >= 11 is 11.7. The third-order valence-corrected chi connectivity index (χ3v) is 7.31. The van der Waals surface area contributed by atoms with E-state index >= 15 is 0 Å². The highest BCUT2D eigenvalue weighted by Crippen LogP contribution is 2.34. The Morgan fingerprint density at radius 1 is 1.44 bits per heavy atom. The van der Waals surface area contributed by atoms with Crippen molar-refractivity contribution in [3.8, 4) is 0 Å². The quantitative estimate of drug-likeness (QED) is 0.850. The Kier molecular flexibility index (Phi) is 4.85. The van der Waals surface area contributed by atoms with Crippen molar-refractivity contribution in [3.63, 3.8) is 0 Å². The van der Waals surface area contributed by atoms with E-state index in [2.05, 4.69) is 20.7 Å². The molecule has 0 fully saturated rings. The average molecular weight is 387 g/mol. The number of hydrogen-bond acceptors (Lipinski definition) is 4.